The van der Waals surface area contributed by atoms with Gasteiger partial charge in [-0.25, -0.2) is 4.98 Å². The molecule has 1 atom stereocenters. The topological polar surface area (TPSA) is 81.6 Å². The number of carboxylic acid groups (broad SMARTS) is 1. The fourth-order valence-electron chi connectivity index (χ4n) is 5.66. The van der Waals surface area contributed by atoms with Crippen molar-refractivity contribution in [2.45, 2.75) is 89.1 Å². The van der Waals surface area contributed by atoms with E-state index in [1.807, 2.05) is 12.3 Å². The second kappa shape index (κ2) is 11.1. The van der Waals surface area contributed by atoms with Gasteiger partial charge in [0.2, 0.25) is 5.95 Å². The number of hydrogen-bond acceptors (Lipinski definition) is 6. The zero-order valence-electron chi connectivity index (χ0n) is 18.8. The van der Waals surface area contributed by atoms with E-state index >= 15 is 0 Å². The van der Waals surface area contributed by atoms with E-state index in [0.29, 0.717) is 24.4 Å². The predicted octanol–water partition coefficient (Wildman–Crippen LogP) is 4.16. The molecule has 1 aromatic heterocycles. The van der Waals surface area contributed by atoms with Gasteiger partial charge in [-0.05, 0) is 76.3 Å². The molecule has 31 heavy (non-hydrogen) atoms. The van der Waals surface area contributed by atoms with Crippen molar-refractivity contribution in [3.05, 3.63) is 12.3 Å². The van der Waals surface area contributed by atoms with Gasteiger partial charge in [0.1, 0.15) is 5.82 Å². The summed E-state index contributed by atoms with van der Waals surface area (Å²) in [4.78, 5) is 25.3. The maximum atomic E-state index is 10.8. The first-order chi connectivity index (χ1) is 15.2. The van der Waals surface area contributed by atoms with E-state index in [4.69, 9.17) is 10.1 Å². The molecule has 0 radical (unpaired) electrons. The Morgan fingerprint density at radius 1 is 1.03 bits per heavy atom. The predicted molar refractivity (Wildman–Crippen MR) is 124 cm³/mol. The molecule has 2 saturated heterocycles. The monoisotopic (exact) mass is 429 g/mol. The molecule has 0 bridgehead atoms. The summed E-state index contributed by atoms with van der Waals surface area (Å²) in [7, 11) is 0. The highest BCUT2D eigenvalue weighted by Crippen LogP contribution is 2.32. The summed E-state index contributed by atoms with van der Waals surface area (Å²) in [5, 5.41) is 12.6. The summed E-state index contributed by atoms with van der Waals surface area (Å²) in [6, 6.07) is 3.10. The summed E-state index contributed by atoms with van der Waals surface area (Å²) >= 11 is 0. The number of rotatable bonds is 7. The molecule has 7 nitrogen and oxygen atoms in total. The van der Waals surface area contributed by atoms with E-state index in [0.717, 1.165) is 37.8 Å². The summed E-state index contributed by atoms with van der Waals surface area (Å²) in [5.74, 6) is 1.77. The molecule has 2 aliphatic heterocycles. The van der Waals surface area contributed by atoms with Crippen molar-refractivity contribution in [3.8, 4) is 0 Å². The van der Waals surface area contributed by atoms with Crippen LogP contribution < -0.4 is 10.2 Å². The molecular formula is C24H39N5O2. The number of anilines is 2. The summed E-state index contributed by atoms with van der Waals surface area (Å²) < 4.78 is 0. The van der Waals surface area contributed by atoms with Gasteiger partial charge >= 0.3 is 5.97 Å². The number of aliphatic carboxylic acids is 1. The number of nitrogens with one attached hydrogen (secondary N) is 1. The van der Waals surface area contributed by atoms with Crippen molar-refractivity contribution in [2.75, 3.05) is 36.4 Å². The zero-order chi connectivity index (χ0) is 21.5. The van der Waals surface area contributed by atoms with Crippen LogP contribution in [0.15, 0.2) is 12.3 Å². The maximum absolute atomic E-state index is 10.8. The normalized spacial score (nSPS) is 28.1. The van der Waals surface area contributed by atoms with Gasteiger partial charge in [0, 0.05) is 44.3 Å². The number of likely N-dealkylation sites (tertiary alicyclic amines) is 1. The van der Waals surface area contributed by atoms with Gasteiger partial charge in [-0.2, -0.15) is 4.98 Å². The number of nitrogens with zero attached hydrogens (tertiary/aromatic N) is 4. The third kappa shape index (κ3) is 6.55. The number of hydrogen-bond donors (Lipinski definition) is 2. The Hall–Kier alpha value is -1.89. The number of carboxylic acids is 1. The number of carbonyl (C=O) groups is 1. The SMILES string of the molecule is O=C(O)CCC1CCC(N2CCCC(Nc3nccc(N4CCCCCC4)n3)C2)CC1. The van der Waals surface area contributed by atoms with Crippen LogP contribution in [0.25, 0.3) is 0 Å². The third-order valence-electron chi connectivity index (χ3n) is 7.46. The molecule has 172 valence electrons. The molecule has 7 heteroatoms. The van der Waals surface area contributed by atoms with Crippen LogP contribution in [0.5, 0.6) is 0 Å². The molecule has 1 aromatic rings. The standard InChI is InChI=1S/C24H39N5O2/c30-23(31)12-9-19-7-10-21(11-8-19)29-17-5-6-20(18-29)26-24-25-14-13-22(27-24)28-15-3-1-2-4-16-28/h13-14,19-21H,1-12,15-18H2,(H,30,31)(H,25,26,27). The molecule has 3 heterocycles. The second-order valence-corrected chi connectivity index (χ2v) is 9.73. The second-order valence-electron chi connectivity index (χ2n) is 9.73. The molecule has 1 unspecified atom stereocenters. The van der Waals surface area contributed by atoms with Crippen LogP contribution in [0.4, 0.5) is 11.8 Å². The minimum atomic E-state index is -0.658. The quantitative estimate of drug-likeness (QED) is 0.673. The van der Waals surface area contributed by atoms with Crippen molar-refractivity contribution >= 4 is 17.7 Å². The highest BCUT2D eigenvalue weighted by molar-refractivity contribution is 5.66. The van der Waals surface area contributed by atoms with E-state index in [-0.39, 0.29) is 0 Å². The minimum Gasteiger partial charge on any atom is -0.481 e. The first kappa shape index (κ1) is 22.3. The zero-order valence-corrected chi connectivity index (χ0v) is 18.8. The molecular weight excluding hydrogens is 390 g/mol. The van der Waals surface area contributed by atoms with Gasteiger partial charge in [-0.1, -0.05) is 12.8 Å². The smallest absolute Gasteiger partial charge is 0.303 e. The summed E-state index contributed by atoms with van der Waals surface area (Å²) in [6.07, 6.45) is 15.4. The lowest BCUT2D eigenvalue weighted by Crippen LogP contribution is -2.48. The molecule has 3 aliphatic rings. The first-order valence-electron chi connectivity index (χ1n) is 12.5. The molecule has 0 spiro atoms. The number of aromatic nitrogens is 2. The van der Waals surface area contributed by atoms with Crippen LogP contribution in [0.2, 0.25) is 0 Å². The van der Waals surface area contributed by atoms with Crippen molar-refractivity contribution in [1.82, 2.24) is 14.9 Å². The Morgan fingerprint density at radius 3 is 2.55 bits per heavy atom. The first-order valence-corrected chi connectivity index (χ1v) is 12.5. The fraction of sp³-hybridized carbons (Fsp3) is 0.792. The summed E-state index contributed by atoms with van der Waals surface area (Å²) in [6.45, 7) is 4.44. The Morgan fingerprint density at radius 2 is 1.81 bits per heavy atom. The van der Waals surface area contributed by atoms with Gasteiger partial charge in [0.25, 0.3) is 0 Å². The van der Waals surface area contributed by atoms with E-state index < -0.39 is 5.97 Å². The van der Waals surface area contributed by atoms with Crippen molar-refractivity contribution in [3.63, 3.8) is 0 Å². The van der Waals surface area contributed by atoms with Crippen molar-refractivity contribution in [1.29, 1.82) is 0 Å². The Bertz CT molecular complexity index is 699. The lowest BCUT2D eigenvalue weighted by molar-refractivity contribution is -0.137. The highest BCUT2D eigenvalue weighted by atomic mass is 16.4. The Labute approximate surface area is 186 Å². The lowest BCUT2D eigenvalue weighted by atomic mass is 9.82. The van der Waals surface area contributed by atoms with Gasteiger partial charge < -0.3 is 15.3 Å². The number of piperidine rings is 1. The van der Waals surface area contributed by atoms with Crippen molar-refractivity contribution < 1.29 is 9.90 Å². The van der Waals surface area contributed by atoms with Crippen LogP contribution >= 0.6 is 0 Å². The molecule has 3 fully saturated rings. The largest absolute Gasteiger partial charge is 0.481 e. The van der Waals surface area contributed by atoms with Gasteiger partial charge in [-0.3, -0.25) is 9.69 Å². The van der Waals surface area contributed by atoms with Gasteiger partial charge in [-0.15, -0.1) is 0 Å². The molecule has 2 N–H and O–H groups in total. The molecule has 4 rings (SSSR count). The lowest BCUT2D eigenvalue weighted by Gasteiger charge is -2.41. The molecule has 1 aliphatic carbocycles. The maximum Gasteiger partial charge on any atom is 0.303 e. The van der Waals surface area contributed by atoms with Gasteiger partial charge in [0.15, 0.2) is 0 Å². The Balaban J connectivity index is 1.27. The van der Waals surface area contributed by atoms with Crippen LogP contribution in [-0.4, -0.2) is 64.2 Å². The van der Waals surface area contributed by atoms with E-state index in [9.17, 15) is 4.79 Å². The van der Waals surface area contributed by atoms with Crippen molar-refractivity contribution in [2.24, 2.45) is 5.92 Å². The average Bonchev–Trinajstić information content (AvgIpc) is 3.08. The van der Waals surface area contributed by atoms with Crippen LogP contribution in [0.3, 0.4) is 0 Å². The third-order valence-corrected chi connectivity index (χ3v) is 7.46. The van der Waals surface area contributed by atoms with E-state index in [2.05, 4.69) is 20.1 Å². The Kier molecular flexibility index (Phi) is 8.00. The molecule has 0 amide bonds. The van der Waals surface area contributed by atoms with Gasteiger partial charge in [0.05, 0.1) is 0 Å². The van der Waals surface area contributed by atoms with Crippen LogP contribution in [0.1, 0.15) is 77.0 Å². The fourth-order valence-corrected chi connectivity index (χ4v) is 5.66. The summed E-state index contributed by atoms with van der Waals surface area (Å²) in [5.41, 5.74) is 0. The highest BCUT2D eigenvalue weighted by Gasteiger charge is 2.30. The van der Waals surface area contributed by atoms with E-state index in [1.54, 1.807) is 0 Å². The van der Waals surface area contributed by atoms with E-state index in [1.165, 1.54) is 70.8 Å². The molecule has 0 aromatic carbocycles. The molecule has 1 saturated carbocycles. The average molecular weight is 430 g/mol. The van der Waals surface area contributed by atoms with Crippen LogP contribution in [-0.2, 0) is 4.79 Å². The van der Waals surface area contributed by atoms with Crippen LogP contribution in [0, 0.1) is 5.92 Å². The minimum absolute atomic E-state index is 0.321.